The van der Waals surface area contributed by atoms with Gasteiger partial charge in [0.25, 0.3) is 0 Å². The van der Waals surface area contributed by atoms with Crippen LogP contribution in [0.3, 0.4) is 0 Å². The maximum absolute atomic E-state index is 13.5. The van der Waals surface area contributed by atoms with Crippen molar-refractivity contribution in [3.05, 3.63) is 51.1 Å². The number of rotatable bonds is 2. The molecule has 0 spiro atoms. The van der Waals surface area contributed by atoms with Gasteiger partial charge in [0.2, 0.25) is 0 Å². The number of nitrogens with one attached hydrogen (secondary N) is 1. The Balaban J connectivity index is 2.37. The number of anilines is 3. The molecule has 6 heteroatoms. The van der Waals surface area contributed by atoms with Crippen LogP contribution in [0.15, 0.2) is 30.3 Å². The van der Waals surface area contributed by atoms with E-state index in [9.17, 15) is 8.78 Å². The van der Waals surface area contributed by atoms with E-state index in [0.717, 1.165) is 0 Å². The van der Waals surface area contributed by atoms with E-state index in [0.29, 0.717) is 20.6 Å². The molecule has 0 amide bonds. The molecule has 0 saturated carbocycles. The first-order valence-corrected chi connectivity index (χ1v) is 6.30. The van der Waals surface area contributed by atoms with Gasteiger partial charge in [0.1, 0.15) is 17.7 Å². The molecule has 0 aromatic heterocycles. The highest BCUT2D eigenvalue weighted by Crippen LogP contribution is 2.27. The molecule has 0 heterocycles. The van der Waals surface area contributed by atoms with Crippen molar-refractivity contribution >= 4 is 39.7 Å². The van der Waals surface area contributed by atoms with Gasteiger partial charge in [0, 0.05) is 11.8 Å². The molecule has 0 radical (unpaired) electrons. The van der Waals surface area contributed by atoms with Crippen LogP contribution in [0.5, 0.6) is 0 Å². The molecule has 0 unspecified atom stereocenters. The second-order valence-corrected chi connectivity index (χ2v) is 4.95. The molecule has 0 aliphatic carbocycles. The lowest BCUT2D eigenvalue weighted by molar-refractivity contribution is 0.621. The first kappa shape index (κ1) is 13.5. The van der Waals surface area contributed by atoms with Crippen molar-refractivity contribution in [2.24, 2.45) is 0 Å². The molecule has 0 aliphatic heterocycles. The molecule has 0 aliphatic rings. The minimum atomic E-state index is -0.602. The van der Waals surface area contributed by atoms with Gasteiger partial charge in [-0.05, 0) is 46.9 Å². The van der Waals surface area contributed by atoms with E-state index >= 15 is 0 Å². The van der Waals surface area contributed by atoms with Gasteiger partial charge in [-0.25, -0.2) is 8.78 Å². The van der Waals surface area contributed by atoms with E-state index in [1.807, 2.05) is 22.6 Å². The Labute approximate surface area is 122 Å². The smallest absolute Gasteiger partial charge is 0.141 e. The Kier molecular flexibility index (Phi) is 3.85. The molecule has 2 aromatic carbocycles. The third-order valence-corrected chi connectivity index (χ3v) is 3.28. The highest BCUT2D eigenvalue weighted by Gasteiger charge is 2.08. The van der Waals surface area contributed by atoms with Gasteiger partial charge in [0.15, 0.2) is 0 Å². The maximum atomic E-state index is 13.5. The number of halogens is 3. The van der Waals surface area contributed by atoms with E-state index < -0.39 is 11.6 Å². The fraction of sp³-hybridized carbons (Fsp3) is 0. The van der Waals surface area contributed by atoms with Crippen LogP contribution >= 0.6 is 22.6 Å². The summed E-state index contributed by atoms with van der Waals surface area (Å²) in [5, 5.41) is 11.6. The second-order valence-electron chi connectivity index (χ2n) is 3.78. The summed E-state index contributed by atoms with van der Waals surface area (Å²) in [6.07, 6.45) is 0. The highest BCUT2D eigenvalue weighted by molar-refractivity contribution is 14.1. The monoisotopic (exact) mass is 371 g/mol. The third kappa shape index (κ3) is 2.93. The van der Waals surface area contributed by atoms with Gasteiger partial charge in [0.05, 0.1) is 20.5 Å². The van der Waals surface area contributed by atoms with Crippen LogP contribution in [0.25, 0.3) is 0 Å². The van der Waals surface area contributed by atoms with Crippen molar-refractivity contribution in [1.82, 2.24) is 0 Å². The number of nitrogen functional groups attached to an aromatic ring is 1. The number of benzene rings is 2. The molecule has 19 heavy (non-hydrogen) atoms. The minimum Gasteiger partial charge on any atom is -0.397 e. The van der Waals surface area contributed by atoms with Crippen molar-refractivity contribution in [1.29, 1.82) is 5.26 Å². The molecule has 96 valence electrons. The lowest BCUT2D eigenvalue weighted by atomic mass is 10.2. The predicted octanol–water partition coefficient (Wildman–Crippen LogP) is 3.77. The number of nitrogens with zero attached hydrogens (tertiary/aromatic N) is 1. The molecule has 2 aromatic rings. The Bertz CT molecular complexity index is 680. The van der Waals surface area contributed by atoms with Crippen molar-refractivity contribution in [3.8, 4) is 6.07 Å². The fourth-order valence-corrected chi connectivity index (χ4v) is 2.01. The molecular weight excluding hydrogens is 363 g/mol. The first-order valence-electron chi connectivity index (χ1n) is 5.22. The number of hydrogen-bond acceptors (Lipinski definition) is 3. The quantitative estimate of drug-likeness (QED) is 0.624. The van der Waals surface area contributed by atoms with Gasteiger partial charge in [-0.15, -0.1) is 0 Å². The average Bonchev–Trinajstić information content (AvgIpc) is 2.38. The van der Waals surface area contributed by atoms with Crippen molar-refractivity contribution < 1.29 is 8.78 Å². The molecule has 0 bridgehead atoms. The van der Waals surface area contributed by atoms with Crippen molar-refractivity contribution in [3.63, 3.8) is 0 Å². The predicted molar refractivity (Wildman–Crippen MR) is 77.9 cm³/mol. The van der Waals surface area contributed by atoms with Gasteiger partial charge in [-0.3, -0.25) is 0 Å². The van der Waals surface area contributed by atoms with Gasteiger partial charge >= 0.3 is 0 Å². The van der Waals surface area contributed by atoms with Crippen molar-refractivity contribution in [2.75, 3.05) is 11.1 Å². The normalized spacial score (nSPS) is 10.0. The summed E-state index contributed by atoms with van der Waals surface area (Å²) in [4.78, 5) is 0. The van der Waals surface area contributed by atoms with Crippen LogP contribution in [0.4, 0.5) is 25.8 Å². The molecule has 3 N–H and O–H groups in total. The third-order valence-electron chi connectivity index (χ3n) is 2.46. The zero-order valence-corrected chi connectivity index (χ0v) is 11.7. The summed E-state index contributed by atoms with van der Waals surface area (Å²) >= 11 is 1.84. The standard InChI is InChI=1S/C13H8F2IN3/c14-9-2-1-8(3-7(9)6-17)19-13-4-10(15)11(16)5-12(13)18/h1-5,19H,18H2. The zero-order chi connectivity index (χ0) is 14.0. The van der Waals surface area contributed by atoms with Gasteiger partial charge in [-0.1, -0.05) is 0 Å². The van der Waals surface area contributed by atoms with Crippen LogP contribution in [0.2, 0.25) is 0 Å². The molecule has 3 nitrogen and oxygen atoms in total. The number of hydrogen-bond donors (Lipinski definition) is 2. The Hall–Kier alpha value is -1.88. The molecule has 0 atom stereocenters. The van der Waals surface area contributed by atoms with Crippen LogP contribution < -0.4 is 11.1 Å². The summed E-state index contributed by atoms with van der Waals surface area (Å²) in [5.41, 5.74) is 6.88. The number of nitriles is 1. The molecule has 0 saturated heterocycles. The lowest BCUT2D eigenvalue weighted by Crippen LogP contribution is -1.99. The molecule has 0 fully saturated rings. The Morgan fingerprint density at radius 1 is 1.16 bits per heavy atom. The fourth-order valence-electron chi connectivity index (χ4n) is 1.51. The Morgan fingerprint density at radius 3 is 2.58 bits per heavy atom. The largest absolute Gasteiger partial charge is 0.397 e. The summed E-state index contributed by atoms with van der Waals surface area (Å²) in [6, 6.07) is 8.44. The van der Waals surface area contributed by atoms with E-state index in [-0.39, 0.29) is 5.56 Å². The number of nitrogens with two attached hydrogens (primary N) is 1. The molecular formula is C13H8F2IN3. The summed E-state index contributed by atoms with van der Waals surface area (Å²) in [5.74, 6) is -1.00. The average molecular weight is 371 g/mol. The van der Waals surface area contributed by atoms with Crippen molar-refractivity contribution in [2.45, 2.75) is 0 Å². The van der Waals surface area contributed by atoms with E-state index in [1.165, 1.54) is 30.3 Å². The maximum Gasteiger partial charge on any atom is 0.141 e. The second kappa shape index (κ2) is 5.40. The van der Waals surface area contributed by atoms with Crippen LogP contribution in [-0.2, 0) is 0 Å². The molecule has 2 rings (SSSR count). The van der Waals surface area contributed by atoms with Gasteiger partial charge in [-0.2, -0.15) is 5.26 Å². The van der Waals surface area contributed by atoms with E-state index in [1.54, 1.807) is 6.07 Å². The Morgan fingerprint density at radius 2 is 1.89 bits per heavy atom. The van der Waals surface area contributed by atoms with Crippen LogP contribution in [0.1, 0.15) is 5.56 Å². The highest BCUT2D eigenvalue weighted by atomic mass is 127. The van der Waals surface area contributed by atoms with Crippen LogP contribution in [0, 0.1) is 26.5 Å². The van der Waals surface area contributed by atoms with E-state index in [2.05, 4.69) is 5.32 Å². The van der Waals surface area contributed by atoms with Gasteiger partial charge < -0.3 is 11.1 Å². The summed E-state index contributed by atoms with van der Waals surface area (Å²) in [6.45, 7) is 0. The zero-order valence-electron chi connectivity index (χ0n) is 9.55. The lowest BCUT2D eigenvalue weighted by Gasteiger charge is -2.10. The SMILES string of the molecule is N#Cc1cc(Nc2cc(F)c(I)cc2N)ccc1F. The summed E-state index contributed by atoms with van der Waals surface area (Å²) < 4.78 is 27.0. The topological polar surface area (TPSA) is 61.8 Å². The first-order chi connectivity index (χ1) is 9.01. The minimum absolute atomic E-state index is 0.0884. The van der Waals surface area contributed by atoms with E-state index in [4.69, 9.17) is 11.0 Å². The summed E-state index contributed by atoms with van der Waals surface area (Å²) in [7, 11) is 0. The van der Waals surface area contributed by atoms with Crippen LogP contribution in [-0.4, -0.2) is 0 Å².